The molecule has 1 aromatic heterocycles. The van der Waals surface area contributed by atoms with Gasteiger partial charge in [-0.3, -0.25) is 0 Å². The number of benzene rings is 7. The van der Waals surface area contributed by atoms with Crippen molar-refractivity contribution in [1.82, 2.24) is 0 Å². The van der Waals surface area contributed by atoms with Crippen LogP contribution < -0.4 is 20.6 Å². The predicted molar refractivity (Wildman–Crippen MR) is 238 cm³/mol. The summed E-state index contributed by atoms with van der Waals surface area (Å²) in [6.07, 6.45) is 2.43. The van der Waals surface area contributed by atoms with Crippen LogP contribution in [0.4, 0.5) is 17.1 Å². The summed E-state index contributed by atoms with van der Waals surface area (Å²) in [5.41, 5.74) is 20.2. The van der Waals surface area contributed by atoms with Crippen molar-refractivity contribution < 1.29 is 0 Å². The lowest BCUT2D eigenvalue weighted by Gasteiger charge is -2.42. The maximum Gasteiger partial charge on any atom is 0.260 e. The number of fused-ring (bicyclic) bond motifs is 8. The zero-order valence-electron chi connectivity index (χ0n) is 31.9. The van der Waals surface area contributed by atoms with E-state index >= 15 is 0 Å². The molecule has 8 aromatic rings. The largest absolute Gasteiger partial charge is 0.311 e. The Kier molecular flexibility index (Phi) is 7.11. The predicted octanol–water partition coefficient (Wildman–Crippen LogP) is 12.5. The van der Waals surface area contributed by atoms with E-state index in [0.717, 1.165) is 0 Å². The van der Waals surface area contributed by atoms with Crippen LogP contribution in [0.2, 0.25) is 0 Å². The molecule has 2 aliphatic heterocycles. The number of para-hydroxylation sites is 2. The highest BCUT2D eigenvalue weighted by Crippen LogP contribution is 2.51. The zero-order valence-corrected chi connectivity index (χ0v) is 32.7. The summed E-state index contributed by atoms with van der Waals surface area (Å²) in [6.45, 7) is 10.0. The van der Waals surface area contributed by atoms with Crippen molar-refractivity contribution in [3.63, 3.8) is 0 Å². The van der Waals surface area contributed by atoms with Gasteiger partial charge in [0.15, 0.2) is 0 Å². The number of nitrogens with zero attached hydrogens (tertiary/aromatic N) is 1. The zero-order chi connectivity index (χ0) is 37.1. The van der Waals surface area contributed by atoms with Crippen LogP contribution in [0.15, 0.2) is 158 Å². The van der Waals surface area contributed by atoms with Crippen LogP contribution >= 0.6 is 11.3 Å². The highest BCUT2D eigenvalue weighted by molar-refractivity contribution is 7.34. The van der Waals surface area contributed by atoms with Crippen molar-refractivity contribution in [2.75, 3.05) is 4.90 Å². The second-order valence-corrected chi connectivity index (χ2v) is 18.2. The van der Waals surface area contributed by atoms with Gasteiger partial charge in [-0.05, 0) is 156 Å². The fourth-order valence-corrected chi connectivity index (χ4v) is 11.3. The van der Waals surface area contributed by atoms with E-state index in [1.54, 1.807) is 0 Å². The lowest BCUT2D eigenvalue weighted by atomic mass is 9.39. The fourth-order valence-electron chi connectivity index (χ4n) is 9.89. The normalized spacial score (nSPS) is 15.7. The quantitative estimate of drug-likeness (QED) is 0.163. The molecule has 0 N–H and O–H groups in total. The van der Waals surface area contributed by atoms with Crippen LogP contribution in [0, 0.1) is 0 Å². The number of anilines is 3. The second-order valence-electron chi connectivity index (χ2n) is 17.2. The Hall–Kier alpha value is -5.64. The minimum Gasteiger partial charge on any atom is -0.311 e. The van der Waals surface area contributed by atoms with Crippen LogP contribution in [0.1, 0.15) is 51.7 Å². The Bertz CT molecular complexity index is 2760. The first-order valence-electron chi connectivity index (χ1n) is 19.8. The Morgan fingerprint density at radius 2 is 1.04 bits per heavy atom. The summed E-state index contributed by atoms with van der Waals surface area (Å²) < 4.78 is 2.91. The summed E-state index contributed by atoms with van der Waals surface area (Å²) in [5, 5.41) is 1.42. The molecule has 264 valence electrons. The van der Waals surface area contributed by atoms with Gasteiger partial charge in [-0.25, -0.2) is 0 Å². The molecule has 0 saturated heterocycles. The van der Waals surface area contributed by atoms with Crippen LogP contribution in [0.25, 0.3) is 54.6 Å². The molecule has 11 rings (SSSR count). The summed E-state index contributed by atoms with van der Waals surface area (Å²) >= 11 is 2.04. The van der Waals surface area contributed by atoms with Crippen molar-refractivity contribution >= 4 is 60.9 Å². The molecule has 3 heteroatoms. The summed E-state index contributed by atoms with van der Waals surface area (Å²) in [7, 11) is 0. The minimum absolute atomic E-state index is 0.137. The van der Waals surface area contributed by atoms with Crippen molar-refractivity contribution in [3.05, 3.63) is 169 Å². The molecule has 0 saturated carbocycles. The third-order valence-corrected chi connectivity index (χ3v) is 14.1. The van der Waals surface area contributed by atoms with E-state index in [2.05, 4.69) is 190 Å². The lowest BCUT2D eigenvalue weighted by molar-refractivity contribution is 0.332. The number of rotatable bonds is 4. The van der Waals surface area contributed by atoms with E-state index in [1.807, 2.05) is 11.3 Å². The Balaban J connectivity index is 1.23. The smallest absolute Gasteiger partial charge is 0.260 e. The van der Waals surface area contributed by atoms with Gasteiger partial charge in [0, 0.05) is 27.1 Å². The van der Waals surface area contributed by atoms with Gasteiger partial charge in [-0.1, -0.05) is 125 Å². The van der Waals surface area contributed by atoms with Gasteiger partial charge in [0.05, 0.1) is 0 Å². The van der Waals surface area contributed by atoms with E-state index in [1.165, 1.54) is 111 Å². The molecule has 0 unspecified atom stereocenters. The van der Waals surface area contributed by atoms with Crippen LogP contribution in [0.3, 0.4) is 0 Å². The molecule has 0 radical (unpaired) electrons. The molecule has 0 fully saturated rings. The van der Waals surface area contributed by atoms with Gasteiger partial charge in [0.2, 0.25) is 0 Å². The average molecular weight is 724 g/mol. The standard InChI is InChI=1S/C52H42BNS/c1-51(2)24-25-52(3,4)43-32-47-40(31-42(43)51)48-41-29-38(37-27-35(33-16-8-5-9-17-33)26-36(28-37)34-18-10-6-11-19-34)30-46-49(41)53(50(48)55-47)44-22-14-15-23-45(44)54(46)39-20-12-7-13-21-39/h5-23,26-32H,24-25H2,1-4H3. The van der Waals surface area contributed by atoms with Gasteiger partial charge in [-0.15, -0.1) is 11.3 Å². The van der Waals surface area contributed by atoms with Gasteiger partial charge in [-0.2, -0.15) is 0 Å². The molecule has 1 aliphatic carbocycles. The Labute approximate surface area is 329 Å². The average Bonchev–Trinajstić information content (AvgIpc) is 3.75. The van der Waals surface area contributed by atoms with Crippen molar-refractivity contribution in [3.8, 4) is 44.5 Å². The van der Waals surface area contributed by atoms with E-state index in [4.69, 9.17) is 0 Å². The molecule has 55 heavy (non-hydrogen) atoms. The first-order valence-corrected chi connectivity index (χ1v) is 20.6. The molecule has 0 bridgehead atoms. The third-order valence-electron chi connectivity index (χ3n) is 12.9. The number of hydrogen-bond donors (Lipinski definition) is 0. The molecule has 3 aliphatic rings. The Morgan fingerprint density at radius 3 is 1.67 bits per heavy atom. The maximum atomic E-state index is 2.61. The first-order chi connectivity index (χ1) is 26.7. The molecule has 0 spiro atoms. The highest BCUT2D eigenvalue weighted by atomic mass is 32.1. The van der Waals surface area contributed by atoms with E-state index in [-0.39, 0.29) is 17.5 Å². The van der Waals surface area contributed by atoms with E-state index < -0.39 is 0 Å². The molecule has 0 atom stereocenters. The van der Waals surface area contributed by atoms with Gasteiger partial charge < -0.3 is 4.90 Å². The van der Waals surface area contributed by atoms with Crippen LogP contribution in [0.5, 0.6) is 0 Å². The molecule has 1 nitrogen and oxygen atoms in total. The van der Waals surface area contributed by atoms with Gasteiger partial charge in [0.1, 0.15) is 0 Å². The topological polar surface area (TPSA) is 3.24 Å². The summed E-state index contributed by atoms with van der Waals surface area (Å²) in [4.78, 5) is 2.53. The molecule has 0 amide bonds. The fraction of sp³-hybridized carbons (Fsp3) is 0.154. The van der Waals surface area contributed by atoms with Crippen molar-refractivity contribution in [1.29, 1.82) is 0 Å². The maximum absolute atomic E-state index is 2.61. The van der Waals surface area contributed by atoms with E-state index in [9.17, 15) is 0 Å². The first kappa shape index (κ1) is 32.8. The van der Waals surface area contributed by atoms with Crippen LogP contribution in [-0.2, 0) is 10.8 Å². The minimum atomic E-state index is 0.137. The monoisotopic (exact) mass is 723 g/mol. The van der Waals surface area contributed by atoms with Crippen molar-refractivity contribution in [2.24, 2.45) is 0 Å². The molecule has 3 heterocycles. The third kappa shape index (κ3) is 4.99. The van der Waals surface area contributed by atoms with Crippen LogP contribution in [-0.4, -0.2) is 6.71 Å². The highest BCUT2D eigenvalue weighted by Gasteiger charge is 2.46. The number of hydrogen-bond acceptors (Lipinski definition) is 2. The molecular weight excluding hydrogens is 681 g/mol. The lowest BCUT2D eigenvalue weighted by Crippen LogP contribution is -2.54. The van der Waals surface area contributed by atoms with Crippen molar-refractivity contribution in [2.45, 2.75) is 51.4 Å². The Morgan fingerprint density at radius 1 is 0.509 bits per heavy atom. The second kappa shape index (κ2) is 11.9. The summed E-state index contributed by atoms with van der Waals surface area (Å²) in [6, 6.07) is 59.2. The molecule has 7 aromatic carbocycles. The van der Waals surface area contributed by atoms with E-state index in [0.29, 0.717) is 0 Å². The van der Waals surface area contributed by atoms with Gasteiger partial charge >= 0.3 is 0 Å². The SMILES string of the molecule is CC1(C)CCC(C)(C)c2cc3c4c(sc3cc21)B1c2ccccc2N(c2ccccc2)c2cc(-c3cc(-c5ccccc5)cc(-c5ccccc5)c3)cc-4c21. The summed E-state index contributed by atoms with van der Waals surface area (Å²) in [5.74, 6) is 0. The molecular formula is C52H42BNS. The number of thiophene rings is 1. The van der Waals surface area contributed by atoms with Gasteiger partial charge in [0.25, 0.3) is 6.71 Å².